The summed E-state index contributed by atoms with van der Waals surface area (Å²) >= 11 is 0. The number of carbonyl (C=O) groups is 1. The van der Waals surface area contributed by atoms with Crippen molar-refractivity contribution >= 4 is 5.78 Å². The highest BCUT2D eigenvalue weighted by Gasteiger charge is 2.16. The van der Waals surface area contributed by atoms with E-state index < -0.39 is 0 Å². The zero-order valence-corrected chi connectivity index (χ0v) is 7.77. The Balaban J connectivity index is 2.20. The molecule has 0 saturated carbocycles. The maximum Gasteiger partial charge on any atom is 0.245 e. The number of aromatic nitrogens is 1. The zero-order valence-electron chi connectivity index (χ0n) is 7.77. The molecular formula is C11H11NO2. The molecule has 1 aliphatic heterocycles. The molecule has 0 fully saturated rings. The van der Waals surface area contributed by atoms with Gasteiger partial charge in [0, 0.05) is 6.20 Å². The van der Waals surface area contributed by atoms with Crippen molar-refractivity contribution < 1.29 is 9.53 Å². The van der Waals surface area contributed by atoms with Gasteiger partial charge in [-0.05, 0) is 31.1 Å². The van der Waals surface area contributed by atoms with E-state index in [-0.39, 0.29) is 5.78 Å². The monoisotopic (exact) mass is 189 g/mol. The van der Waals surface area contributed by atoms with Crippen molar-refractivity contribution in [2.45, 2.75) is 12.8 Å². The lowest BCUT2D eigenvalue weighted by Gasteiger charge is -2.12. The molecule has 0 saturated heterocycles. The van der Waals surface area contributed by atoms with Crippen LogP contribution in [0.25, 0.3) is 0 Å². The van der Waals surface area contributed by atoms with Crippen LogP contribution in [0, 0.1) is 0 Å². The van der Waals surface area contributed by atoms with Crippen LogP contribution >= 0.6 is 0 Å². The van der Waals surface area contributed by atoms with E-state index in [0.29, 0.717) is 18.1 Å². The Morgan fingerprint density at radius 1 is 1.43 bits per heavy atom. The summed E-state index contributed by atoms with van der Waals surface area (Å²) in [5.41, 5.74) is 0.445. The van der Waals surface area contributed by atoms with Crippen LogP contribution in [0.4, 0.5) is 0 Å². The molecule has 1 aromatic rings. The number of allylic oxidation sites excluding steroid dienone is 2. The molecular weight excluding hydrogens is 178 g/mol. The van der Waals surface area contributed by atoms with E-state index in [1.807, 2.05) is 6.08 Å². The highest BCUT2D eigenvalue weighted by Crippen LogP contribution is 2.14. The highest BCUT2D eigenvalue weighted by atomic mass is 16.5. The summed E-state index contributed by atoms with van der Waals surface area (Å²) in [7, 11) is 0. The van der Waals surface area contributed by atoms with E-state index in [1.165, 1.54) is 0 Å². The zero-order chi connectivity index (χ0) is 9.80. The highest BCUT2D eigenvalue weighted by molar-refractivity contribution is 6.05. The molecule has 0 bridgehead atoms. The van der Waals surface area contributed by atoms with Crippen molar-refractivity contribution in [1.29, 1.82) is 0 Å². The predicted octanol–water partition coefficient (Wildman–Crippen LogP) is 1.96. The lowest BCUT2D eigenvalue weighted by molar-refractivity contribution is 0.0894. The van der Waals surface area contributed by atoms with Gasteiger partial charge < -0.3 is 4.74 Å². The minimum atomic E-state index is -0.120. The van der Waals surface area contributed by atoms with E-state index in [1.54, 1.807) is 24.4 Å². The van der Waals surface area contributed by atoms with Crippen molar-refractivity contribution in [3.8, 4) is 0 Å². The number of ketones is 1. The van der Waals surface area contributed by atoms with Gasteiger partial charge in [-0.3, -0.25) is 9.78 Å². The average molecular weight is 189 g/mol. The van der Waals surface area contributed by atoms with Crippen molar-refractivity contribution in [2.75, 3.05) is 6.61 Å². The van der Waals surface area contributed by atoms with Gasteiger partial charge in [-0.25, -0.2) is 0 Å². The van der Waals surface area contributed by atoms with Crippen molar-refractivity contribution in [2.24, 2.45) is 0 Å². The molecule has 0 atom stereocenters. The van der Waals surface area contributed by atoms with Crippen LogP contribution in [0.3, 0.4) is 0 Å². The standard InChI is InChI=1S/C11H11NO2/c13-11(9-5-1-3-7-12-9)10-6-2-4-8-14-10/h1,3,5-7H,2,4,8H2. The van der Waals surface area contributed by atoms with E-state index in [4.69, 9.17) is 4.74 Å². The van der Waals surface area contributed by atoms with Crippen LogP contribution in [0.1, 0.15) is 23.3 Å². The maximum atomic E-state index is 11.7. The largest absolute Gasteiger partial charge is 0.490 e. The van der Waals surface area contributed by atoms with Crippen LogP contribution < -0.4 is 0 Å². The fourth-order valence-corrected chi connectivity index (χ4v) is 1.34. The first-order valence-corrected chi connectivity index (χ1v) is 4.66. The molecule has 3 heteroatoms. The molecule has 0 spiro atoms. The van der Waals surface area contributed by atoms with Gasteiger partial charge in [0.15, 0.2) is 5.76 Å². The summed E-state index contributed by atoms with van der Waals surface area (Å²) in [4.78, 5) is 15.7. The topological polar surface area (TPSA) is 39.2 Å². The van der Waals surface area contributed by atoms with Gasteiger partial charge in [0.2, 0.25) is 5.78 Å². The first-order valence-electron chi connectivity index (χ1n) is 4.66. The summed E-state index contributed by atoms with van der Waals surface area (Å²) < 4.78 is 5.27. The molecule has 2 rings (SSSR count). The molecule has 2 heterocycles. The maximum absolute atomic E-state index is 11.7. The van der Waals surface area contributed by atoms with Gasteiger partial charge in [0.05, 0.1) is 6.61 Å². The molecule has 0 amide bonds. The number of nitrogens with zero attached hydrogens (tertiary/aromatic N) is 1. The average Bonchev–Trinajstić information content (AvgIpc) is 2.30. The number of Topliss-reactive ketones (excluding diaryl/α,β-unsaturated/α-hetero) is 1. The van der Waals surface area contributed by atoms with Gasteiger partial charge in [-0.1, -0.05) is 6.07 Å². The second-order valence-corrected chi connectivity index (χ2v) is 3.10. The molecule has 0 N–H and O–H groups in total. The summed E-state index contributed by atoms with van der Waals surface area (Å²) in [6, 6.07) is 5.28. The number of carbonyl (C=O) groups excluding carboxylic acids is 1. The minimum Gasteiger partial charge on any atom is -0.490 e. The molecule has 0 unspecified atom stereocenters. The Kier molecular flexibility index (Phi) is 2.58. The Labute approximate surface area is 82.4 Å². The summed E-state index contributed by atoms with van der Waals surface area (Å²) in [6.07, 6.45) is 5.34. The number of ether oxygens (including phenoxy) is 1. The Morgan fingerprint density at radius 2 is 2.36 bits per heavy atom. The van der Waals surface area contributed by atoms with Crippen LogP contribution in [0.15, 0.2) is 36.2 Å². The van der Waals surface area contributed by atoms with E-state index >= 15 is 0 Å². The molecule has 1 aromatic heterocycles. The molecule has 0 aliphatic carbocycles. The van der Waals surface area contributed by atoms with Gasteiger partial charge in [-0.2, -0.15) is 0 Å². The van der Waals surface area contributed by atoms with E-state index in [0.717, 1.165) is 12.8 Å². The molecule has 0 radical (unpaired) electrons. The summed E-state index contributed by atoms with van der Waals surface area (Å²) in [6.45, 7) is 0.629. The quantitative estimate of drug-likeness (QED) is 0.667. The fraction of sp³-hybridized carbons (Fsp3) is 0.273. The second-order valence-electron chi connectivity index (χ2n) is 3.10. The third-order valence-corrected chi connectivity index (χ3v) is 2.06. The first-order chi connectivity index (χ1) is 6.88. The normalized spacial score (nSPS) is 15.6. The fourth-order valence-electron chi connectivity index (χ4n) is 1.34. The molecule has 3 nitrogen and oxygen atoms in total. The Bertz CT molecular complexity index is 357. The molecule has 1 aliphatic rings. The van der Waals surface area contributed by atoms with Crippen LogP contribution in [-0.2, 0) is 4.74 Å². The Hall–Kier alpha value is -1.64. The third kappa shape index (κ3) is 1.82. The van der Waals surface area contributed by atoms with Crippen molar-refractivity contribution in [3.63, 3.8) is 0 Å². The van der Waals surface area contributed by atoms with Gasteiger partial charge >= 0.3 is 0 Å². The van der Waals surface area contributed by atoms with Crippen LogP contribution in [0.2, 0.25) is 0 Å². The molecule has 14 heavy (non-hydrogen) atoms. The summed E-state index contributed by atoms with van der Waals surface area (Å²) in [5, 5.41) is 0. The van der Waals surface area contributed by atoms with E-state index in [9.17, 15) is 4.79 Å². The van der Waals surface area contributed by atoms with E-state index in [2.05, 4.69) is 4.98 Å². The lowest BCUT2D eigenvalue weighted by Crippen LogP contribution is -2.12. The Morgan fingerprint density at radius 3 is 3.00 bits per heavy atom. The number of hydrogen-bond donors (Lipinski definition) is 0. The van der Waals surface area contributed by atoms with Crippen LogP contribution in [0.5, 0.6) is 0 Å². The molecule has 0 aromatic carbocycles. The smallest absolute Gasteiger partial charge is 0.245 e. The second kappa shape index (κ2) is 4.05. The van der Waals surface area contributed by atoms with Gasteiger partial charge in [-0.15, -0.1) is 0 Å². The molecule has 72 valence electrons. The van der Waals surface area contributed by atoms with Gasteiger partial charge in [0.25, 0.3) is 0 Å². The van der Waals surface area contributed by atoms with Crippen molar-refractivity contribution in [1.82, 2.24) is 4.98 Å². The predicted molar refractivity (Wildman–Crippen MR) is 51.8 cm³/mol. The SMILES string of the molecule is O=C(C1=CCCCO1)c1ccccn1. The third-order valence-electron chi connectivity index (χ3n) is 2.06. The van der Waals surface area contributed by atoms with Crippen molar-refractivity contribution in [3.05, 3.63) is 41.9 Å². The first kappa shape index (κ1) is 8.94. The van der Waals surface area contributed by atoms with Gasteiger partial charge in [0.1, 0.15) is 5.69 Å². The number of pyridine rings is 1. The lowest BCUT2D eigenvalue weighted by atomic mass is 10.1. The minimum absolute atomic E-state index is 0.120. The number of hydrogen-bond acceptors (Lipinski definition) is 3. The number of rotatable bonds is 2. The summed E-state index contributed by atoms with van der Waals surface area (Å²) in [5.74, 6) is 0.320. The van der Waals surface area contributed by atoms with Crippen LogP contribution in [-0.4, -0.2) is 17.4 Å².